The molecule has 3 rings (SSSR count). The van der Waals surface area contributed by atoms with Gasteiger partial charge in [-0.05, 0) is 24.6 Å². The number of likely N-dealkylation sites (N-methyl/N-ethyl adjacent to an activating group) is 1. The van der Waals surface area contributed by atoms with Crippen LogP contribution in [0.25, 0.3) is 17.0 Å². The number of benzene rings is 1. The first-order chi connectivity index (χ1) is 7.77. The second kappa shape index (κ2) is 3.34. The summed E-state index contributed by atoms with van der Waals surface area (Å²) in [6.07, 6.45) is 6.26. The Bertz CT molecular complexity index is 585. The summed E-state index contributed by atoms with van der Waals surface area (Å²) in [5.74, 6) is 0. The Labute approximate surface area is 95.2 Å². The number of fused-ring (bicyclic) bond motifs is 3. The number of anilines is 1. The van der Waals surface area contributed by atoms with Gasteiger partial charge >= 0.3 is 0 Å². The summed E-state index contributed by atoms with van der Waals surface area (Å²) in [7, 11) is 2.12. The van der Waals surface area contributed by atoms with Gasteiger partial charge < -0.3 is 4.90 Å². The Morgan fingerprint density at radius 2 is 2.12 bits per heavy atom. The monoisotopic (exact) mass is 210 g/mol. The van der Waals surface area contributed by atoms with E-state index in [1.165, 1.54) is 22.2 Å². The first-order valence-electron chi connectivity index (χ1n) is 5.53. The fourth-order valence-corrected chi connectivity index (χ4v) is 2.29. The first kappa shape index (κ1) is 9.40. The molecule has 2 nitrogen and oxygen atoms in total. The predicted molar refractivity (Wildman–Crippen MR) is 68.8 cm³/mol. The van der Waals surface area contributed by atoms with Crippen LogP contribution in [0.4, 0.5) is 5.69 Å². The zero-order valence-electron chi connectivity index (χ0n) is 9.57. The third-order valence-corrected chi connectivity index (χ3v) is 3.22. The Morgan fingerprint density at radius 3 is 3.00 bits per heavy atom. The van der Waals surface area contributed by atoms with Gasteiger partial charge in [-0.2, -0.15) is 0 Å². The highest BCUT2D eigenvalue weighted by Crippen LogP contribution is 2.31. The average Bonchev–Trinajstić information content (AvgIpc) is 2.30. The molecule has 0 N–H and O–H groups in total. The van der Waals surface area contributed by atoms with E-state index in [0.29, 0.717) is 0 Å². The van der Waals surface area contributed by atoms with Crippen LogP contribution < -0.4 is 4.90 Å². The van der Waals surface area contributed by atoms with Crippen molar-refractivity contribution in [1.82, 2.24) is 4.98 Å². The molecule has 2 aromatic rings. The Morgan fingerprint density at radius 1 is 1.25 bits per heavy atom. The maximum atomic E-state index is 4.51. The van der Waals surface area contributed by atoms with Crippen molar-refractivity contribution in [3.63, 3.8) is 0 Å². The molecule has 1 aromatic heterocycles. The molecular weight excluding hydrogens is 196 g/mol. The molecule has 0 radical (unpaired) electrons. The van der Waals surface area contributed by atoms with Crippen molar-refractivity contribution < 1.29 is 0 Å². The molecule has 2 heterocycles. The highest BCUT2D eigenvalue weighted by molar-refractivity contribution is 5.95. The van der Waals surface area contributed by atoms with Crippen LogP contribution in [0.1, 0.15) is 11.1 Å². The number of nitrogens with zero attached hydrogens (tertiary/aromatic N) is 2. The SMILES string of the molecule is Cc1ccnc2c3c(ccc12)N(C)CC=C3. The first-order valence-corrected chi connectivity index (χ1v) is 5.53. The summed E-state index contributed by atoms with van der Waals surface area (Å²) in [4.78, 5) is 6.76. The van der Waals surface area contributed by atoms with Crippen molar-refractivity contribution in [2.45, 2.75) is 6.92 Å². The Balaban J connectivity index is 2.41. The van der Waals surface area contributed by atoms with Gasteiger partial charge in [0.05, 0.1) is 5.52 Å². The minimum absolute atomic E-state index is 0.977. The zero-order valence-corrected chi connectivity index (χ0v) is 9.57. The van der Waals surface area contributed by atoms with Crippen molar-refractivity contribution in [3.05, 3.63) is 41.6 Å². The lowest BCUT2D eigenvalue weighted by atomic mass is 10.0. The second-order valence-corrected chi connectivity index (χ2v) is 4.31. The lowest BCUT2D eigenvalue weighted by molar-refractivity contribution is 1.02. The average molecular weight is 210 g/mol. The van der Waals surface area contributed by atoms with Crippen molar-refractivity contribution in [3.8, 4) is 0 Å². The standard InChI is InChI=1S/C14H14N2/c1-10-7-8-15-14-11(10)5-6-13-12(14)4-3-9-16(13)2/h3-8H,9H2,1-2H3. The number of hydrogen-bond acceptors (Lipinski definition) is 2. The van der Waals surface area contributed by atoms with Gasteiger partial charge in [-0.1, -0.05) is 18.2 Å². The highest BCUT2D eigenvalue weighted by Gasteiger charge is 2.13. The number of hydrogen-bond donors (Lipinski definition) is 0. The molecule has 0 spiro atoms. The molecule has 0 unspecified atom stereocenters. The largest absolute Gasteiger partial charge is 0.370 e. The van der Waals surface area contributed by atoms with E-state index in [-0.39, 0.29) is 0 Å². The zero-order chi connectivity index (χ0) is 11.1. The van der Waals surface area contributed by atoms with Crippen molar-refractivity contribution in [2.75, 3.05) is 18.5 Å². The summed E-state index contributed by atoms with van der Waals surface area (Å²) >= 11 is 0. The smallest absolute Gasteiger partial charge is 0.0797 e. The van der Waals surface area contributed by atoms with Gasteiger partial charge in [0, 0.05) is 36.4 Å². The fourth-order valence-electron chi connectivity index (χ4n) is 2.29. The Kier molecular flexibility index (Phi) is 1.96. The fraction of sp³-hybridized carbons (Fsp3) is 0.214. The van der Waals surface area contributed by atoms with Crippen LogP contribution in [-0.4, -0.2) is 18.6 Å². The molecule has 0 atom stereocenters. The van der Waals surface area contributed by atoms with Crippen molar-refractivity contribution in [1.29, 1.82) is 0 Å². The maximum Gasteiger partial charge on any atom is 0.0797 e. The predicted octanol–water partition coefficient (Wildman–Crippen LogP) is 3.01. The molecule has 0 aliphatic carbocycles. The van der Waals surface area contributed by atoms with Crippen molar-refractivity contribution in [2.24, 2.45) is 0 Å². The van der Waals surface area contributed by atoms with Gasteiger partial charge in [0.25, 0.3) is 0 Å². The molecule has 0 bridgehead atoms. The van der Waals surface area contributed by atoms with Gasteiger partial charge in [0.15, 0.2) is 0 Å². The van der Waals surface area contributed by atoms with E-state index in [1.807, 2.05) is 6.20 Å². The van der Waals surface area contributed by atoms with E-state index in [9.17, 15) is 0 Å². The molecule has 16 heavy (non-hydrogen) atoms. The van der Waals surface area contributed by atoms with E-state index in [1.54, 1.807) is 0 Å². The lowest BCUT2D eigenvalue weighted by Crippen LogP contribution is -2.20. The topological polar surface area (TPSA) is 16.1 Å². The van der Waals surface area contributed by atoms with Crippen LogP contribution in [0.5, 0.6) is 0 Å². The van der Waals surface area contributed by atoms with E-state index >= 15 is 0 Å². The molecule has 1 aliphatic rings. The number of pyridine rings is 1. The normalized spacial score (nSPS) is 14.2. The number of aryl methyl sites for hydroxylation is 1. The molecule has 2 heteroatoms. The van der Waals surface area contributed by atoms with Gasteiger partial charge in [0.2, 0.25) is 0 Å². The summed E-state index contributed by atoms with van der Waals surface area (Å²) in [6, 6.07) is 6.42. The van der Waals surface area contributed by atoms with Crippen LogP contribution in [0.15, 0.2) is 30.5 Å². The van der Waals surface area contributed by atoms with Crippen molar-refractivity contribution >= 4 is 22.7 Å². The van der Waals surface area contributed by atoms with Crippen LogP contribution in [0.3, 0.4) is 0 Å². The van der Waals surface area contributed by atoms with Gasteiger partial charge in [-0.3, -0.25) is 4.98 Å². The minimum Gasteiger partial charge on any atom is -0.370 e. The lowest BCUT2D eigenvalue weighted by Gasteiger charge is -2.24. The summed E-state index contributed by atoms with van der Waals surface area (Å²) in [5, 5.41) is 1.25. The van der Waals surface area contributed by atoms with E-state index in [2.05, 4.69) is 54.2 Å². The number of aromatic nitrogens is 1. The molecule has 1 aromatic carbocycles. The molecule has 80 valence electrons. The molecule has 0 fully saturated rings. The van der Waals surface area contributed by atoms with E-state index in [0.717, 1.165) is 12.1 Å². The molecular formula is C14H14N2. The quantitative estimate of drug-likeness (QED) is 0.664. The highest BCUT2D eigenvalue weighted by atomic mass is 15.1. The minimum atomic E-state index is 0.977. The molecule has 0 saturated heterocycles. The van der Waals surface area contributed by atoms with Crippen LogP contribution in [0, 0.1) is 6.92 Å². The molecule has 1 aliphatic heterocycles. The molecule has 0 saturated carbocycles. The van der Waals surface area contributed by atoms with E-state index < -0.39 is 0 Å². The van der Waals surface area contributed by atoms with Gasteiger partial charge in [0.1, 0.15) is 0 Å². The van der Waals surface area contributed by atoms with E-state index in [4.69, 9.17) is 0 Å². The second-order valence-electron chi connectivity index (χ2n) is 4.31. The maximum absolute atomic E-state index is 4.51. The molecule has 0 amide bonds. The van der Waals surface area contributed by atoms with Crippen LogP contribution >= 0.6 is 0 Å². The van der Waals surface area contributed by atoms with Gasteiger partial charge in [-0.15, -0.1) is 0 Å². The van der Waals surface area contributed by atoms with Crippen LogP contribution in [-0.2, 0) is 0 Å². The number of rotatable bonds is 0. The third-order valence-electron chi connectivity index (χ3n) is 3.22. The summed E-state index contributed by atoms with van der Waals surface area (Å²) in [5.41, 5.74) is 4.91. The summed E-state index contributed by atoms with van der Waals surface area (Å²) in [6.45, 7) is 3.11. The summed E-state index contributed by atoms with van der Waals surface area (Å²) < 4.78 is 0. The van der Waals surface area contributed by atoms with Gasteiger partial charge in [-0.25, -0.2) is 0 Å². The van der Waals surface area contributed by atoms with Crippen LogP contribution in [0.2, 0.25) is 0 Å². The third kappa shape index (κ3) is 1.23. The Hall–Kier alpha value is -1.83.